The largest absolute Gasteiger partial charge is 0.305 e. The monoisotopic (exact) mass is 263 g/mol. The summed E-state index contributed by atoms with van der Waals surface area (Å²) in [6.45, 7) is 0.702. The number of aryl methyl sites for hydroxylation is 1. The Morgan fingerprint density at radius 2 is 2.06 bits per heavy atom. The Kier molecular flexibility index (Phi) is 3.10. The molecule has 0 unspecified atom stereocenters. The highest BCUT2D eigenvalue weighted by molar-refractivity contribution is 5.81. The van der Waals surface area contributed by atoms with Crippen LogP contribution in [0.5, 0.6) is 0 Å². The van der Waals surface area contributed by atoms with Gasteiger partial charge in [-0.1, -0.05) is 0 Å². The van der Waals surface area contributed by atoms with Crippen LogP contribution in [0.15, 0.2) is 10.9 Å². The molecular weight excluding hydrogens is 254 g/mol. The molecule has 0 bridgehead atoms. The van der Waals surface area contributed by atoms with Gasteiger partial charge in [-0.2, -0.15) is 5.10 Å². The molecule has 0 aliphatic carbocycles. The van der Waals surface area contributed by atoms with Crippen molar-refractivity contribution in [3.63, 3.8) is 0 Å². The standard InChI is InChI=1S/C10H9F4N3O/c1-4-8-5(9(13)14)2-7(18)15-10(8)16-17(4)3-6(11)12/h2,6,9H,3H2,1H3,(H,15,16,18). The van der Waals surface area contributed by atoms with Crippen molar-refractivity contribution in [3.8, 4) is 0 Å². The zero-order chi connectivity index (χ0) is 13.4. The number of hydrogen-bond donors (Lipinski definition) is 1. The Morgan fingerprint density at radius 3 is 2.61 bits per heavy atom. The van der Waals surface area contributed by atoms with E-state index in [9.17, 15) is 22.4 Å². The SMILES string of the molecule is Cc1c2c(C(F)F)cc(=O)[nH]c2nn1CC(F)F. The average Bonchev–Trinajstić information content (AvgIpc) is 2.53. The molecule has 1 N–H and O–H groups in total. The maximum Gasteiger partial charge on any atom is 0.264 e. The summed E-state index contributed by atoms with van der Waals surface area (Å²) >= 11 is 0. The number of nitrogens with zero attached hydrogens (tertiary/aromatic N) is 2. The Labute approximate surface area is 98.2 Å². The molecule has 0 fully saturated rings. The Hall–Kier alpha value is -1.86. The van der Waals surface area contributed by atoms with Crippen molar-refractivity contribution in [2.75, 3.05) is 0 Å². The fraction of sp³-hybridized carbons (Fsp3) is 0.400. The van der Waals surface area contributed by atoms with Crippen LogP contribution in [-0.4, -0.2) is 21.2 Å². The summed E-state index contributed by atoms with van der Waals surface area (Å²) < 4.78 is 51.1. The molecule has 0 amide bonds. The topological polar surface area (TPSA) is 50.7 Å². The molecule has 0 aromatic carbocycles. The normalized spacial score (nSPS) is 11.9. The zero-order valence-corrected chi connectivity index (χ0v) is 9.25. The molecule has 0 saturated carbocycles. The van der Waals surface area contributed by atoms with Crippen LogP contribution in [0, 0.1) is 6.92 Å². The molecule has 2 rings (SSSR count). The summed E-state index contributed by atoms with van der Waals surface area (Å²) in [4.78, 5) is 13.4. The highest BCUT2D eigenvalue weighted by Gasteiger charge is 2.20. The molecule has 98 valence electrons. The van der Waals surface area contributed by atoms with Crippen molar-refractivity contribution in [1.82, 2.24) is 14.8 Å². The number of rotatable bonds is 3. The van der Waals surface area contributed by atoms with E-state index in [1.165, 1.54) is 6.92 Å². The van der Waals surface area contributed by atoms with Gasteiger partial charge in [0.15, 0.2) is 5.65 Å². The molecule has 2 aromatic rings. The van der Waals surface area contributed by atoms with Crippen LogP contribution in [0.1, 0.15) is 17.7 Å². The molecule has 2 aromatic heterocycles. The molecule has 0 aliphatic rings. The minimum Gasteiger partial charge on any atom is -0.305 e. The molecular formula is C10H9F4N3O. The van der Waals surface area contributed by atoms with Gasteiger partial charge in [-0.25, -0.2) is 17.6 Å². The van der Waals surface area contributed by atoms with E-state index in [1.807, 2.05) is 0 Å². The highest BCUT2D eigenvalue weighted by atomic mass is 19.3. The quantitative estimate of drug-likeness (QED) is 0.863. The minimum absolute atomic E-state index is 0.0188. The number of fused-ring (bicyclic) bond motifs is 1. The number of aromatic nitrogens is 3. The van der Waals surface area contributed by atoms with Crippen molar-refractivity contribution in [1.29, 1.82) is 0 Å². The van der Waals surface area contributed by atoms with E-state index >= 15 is 0 Å². The first-order valence-corrected chi connectivity index (χ1v) is 5.06. The molecule has 8 heteroatoms. The van der Waals surface area contributed by atoms with Gasteiger partial charge in [0.2, 0.25) is 5.56 Å². The van der Waals surface area contributed by atoms with E-state index in [0.717, 1.165) is 10.7 Å². The van der Waals surface area contributed by atoms with Gasteiger partial charge in [0, 0.05) is 22.7 Å². The van der Waals surface area contributed by atoms with Crippen molar-refractivity contribution in [2.45, 2.75) is 26.3 Å². The van der Waals surface area contributed by atoms with Crippen LogP contribution in [0.2, 0.25) is 0 Å². The Morgan fingerprint density at radius 1 is 1.39 bits per heavy atom. The molecule has 4 nitrogen and oxygen atoms in total. The van der Waals surface area contributed by atoms with Crippen molar-refractivity contribution >= 4 is 11.0 Å². The molecule has 0 spiro atoms. The lowest BCUT2D eigenvalue weighted by molar-refractivity contribution is 0.121. The number of hydrogen-bond acceptors (Lipinski definition) is 2. The summed E-state index contributed by atoms with van der Waals surface area (Å²) in [5.41, 5.74) is -1.15. The van der Waals surface area contributed by atoms with Crippen LogP contribution >= 0.6 is 0 Å². The second-order valence-electron chi connectivity index (χ2n) is 3.77. The first kappa shape index (κ1) is 12.6. The summed E-state index contributed by atoms with van der Waals surface area (Å²) in [6, 6.07) is 0.758. The van der Waals surface area contributed by atoms with Gasteiger partial charge in [0.05, 0.1) is 0 Å². The average molecular weight is 263 g/mol. The van der Waals surface area contributed by atoms with E-state index in [-0.39, 0.29) is 16.7 Å². The lowest BCUT2D eigenvalue weighted by Crippen LogP contribution is -2.09. The van der Waals surface area contributed by atoms with Gasteiger partial charge in [-0.15, -0.1) is 0 Å². The molecule has 0 radical (unpaired) electrons. The fourth-order valence-corrected chi connectivity index (χ4v) is 1.83. The lowest BCUT2D eigenvalue weighted by atomic mass is 10.1. The van der Waals surface area contributed by atoms with Crippen LogP contribution < -0.4 is 5.56 Å². The van der Waals surface area contributed by atoms with E-state index in [0.29, 0.717) is 0 Å². The van der Waals surface area contributed by atoms with Gasteiger partial charge in [0.1, 0.15) is 6.54 Å². The summed E-state index contributed by atoms with van der Waals surface area (Å²) in [7, 11) is 0. The zero-order valence-electron chi connectivity index (χ0n) is 9.25. The van der Waals surface area contributed by atoms with E-state index in [1.54, 1.807) is 0 Å². The third kappa shape index (κ3) is 2.09. The first-order chi connectivity index (χ1) is 8.40. The highest BCUT2D eigenvalue weighted by Crippen LogP contribution is 2.27. The van der Waals surface area contributed by atoms with Crippen molar-refractivity contribution in [2.24, 2.45) is 0 Å². The minimum atomic E-state index is -2.86. The third-order valence-corrected chi connectivity index (χ3v) is 2.57. The van der Waals surface area contributed by atoms with E-state index < -0.39 is 30.5 Å². The molecule has 18 heavy (non-hydrogen) atoms. The first-order valence-electron chi connectivity index (χ1n) is 5.06. The van der Waals surface area contributed by atoms with Gasteiger partial charge in [-0.3, -0.25) is 9.48 Å². The Balaban J connectivity index is 2.71. The lowest BCUT2D eigenvalue weighted by Gasteiger charge is -2.03. The number of nitrogens with one attached hydrogen (secondary N) is 1. The third-order valence-electron chi connectivity index (χ3n) is 2.57. The predicted molar refractivity (Wildman–Crippen MR) is 56.1 cm³/mol. The maximum absolute atomic E-state index is 12.8. The smallest absolute Gasteiger partial charge is 0.264 e. The Bertz CT molecular complexity index is 632. The molecule has 2 heterocycles. The summed E-state index contributed by atoms with van der Waals surface area (Å²) in [5.74, 6) is 0. The van der Waals surface area contributed by atoms with Crippen LogP contribution in [-0.2, 0) is 6.54 Å². The predicted octanol–water partition coefficient (Wildman–Crippen LogP) is 2.24. The number of H-pyrrole nitrogens is 1. The number of halogens is 4. The second kappa shape index (κ2) is 4.43. The van der Waals surface area contributed by atoms with Crippen LogP contribution in [0.3, 0.4) is 0 Å². The number of alkyl halides is 4. The van der Waals surface area contributed by atoms with Gasteiger partial charge in [-0.05, 0) is 6.92 Å². The fourth-order valence-electron chi connectivity index (χ4n) is 1.83. The number of aromatic amines is 1. The molecule has 0 aliphatic heterocycles. The van der Waals surface area contributed by atoms with Crippen LogP contribution in [0.4, 0.5) is 17.6 Å². The molecule has 0 atom stereocenters. The van der Waals surface area contributed by atoms with Crippen LogP contribution in [0.25, 0.3) is 11.0 Å². The van der Waals surface area contributed by atoms with Gasteiger partial charge >= 0.3 is 0 Å². The summed E-state index contributed by atoms with van der Waals surface area (Å²) in [5, 5.41) is 3.72. The van der Waals surface area contributed by atoms with Crippen molar-refractivity contribution < 1.29 is 17.6 Å². The molecule has 0 saturated heterocycles. The van der Waals surface area contributed by atoms with Gasteiger partial charge in [0.25, 0.3) is 12.9 Å². The summed E-state index contributed by atoms with van der Waals surface area (Å²) in [6.07, 6.45) is -5.52. The van der Waals surface area contributed by atoms with E-state index in [4.69, 9.17) is 0 Å². The van der Waals surface area contributed by atoms with Crippen molar-refractivity contribution in [3.05, 3.63) is 27.7 Å². The van der Waals surface area contributed by atoms with E-state index in [2.05, 4.69) is 10.1 Å². The van der Waals surface area contributed by atoms with Gasteiger partial charge < -0.3 is 4.98 Å². The maximum atomic E-state index is 12.8. The number of pyridine rings is 1. The second-order valence-corrected chi connectivity index (χ2v) is 3.77.